The van der Waals surface area contributed by atoms with Crippen LogP contribution in [-0.4, -0.2) is 49.5 Å². The maximum atomic E-state index is 11.8. The third kappa shape index (κ3) is 4.75. The molecule has 2 saturated heterocycles. The van der Waals surface area contributed by atoms with Gasteiger partial charge in [-0.25, -0.2) is 0 Å². The van der Waals surface area contributed by atoms with Crippen molar-refractivity contribution in [1.82, 2.24) is 15.5 Å². The molecule has 148 valence electrons. The van der Waals surface area contributed by atoms with E-state index >= 15 is 0 Å². The normalized spacial score (nSPS) is 23.6. The van der Waals surface area contributed by atoms with E-state index in [2.05, 4.69) is 48.4 Å². The first-order valence-electron chi connectivity index (χ1n) is 9.90. The molecule has 1 unspecified atom stereocenters. The Morgan fingerprint density at radius 1 is 1.37 bits per heavy atom. The van der Waals surface area contributed by atoms with E-state index < -0.39 is 0 Å². The van der Waals surface area contributed by atoms with Crippen LogP contribution in [0.5, 0.6) is 0 Å². The second-order valence-electron chi connectivity index (χ2n) is 8.54. The number of likely N-dealkylation sites (tertiary alicyclic amines) is 1. The van der Waals surface area contributed by atoms with Crippen LogP contribution in [0.25, 0.3) is 0 Å². The Morgan fingerprint density at radius 2 is 2.11 bits per heavy atom. The topological polar surface area (TPSA) is 56.7 Å². The summed E-state index contributed by atoms with van der Waals surface area (Å²) in [6, 6.07) is 8.03. The van der Waals surface area contributed by atoms with Gasteiger partial charge >= 0.3 is 0 Å². The molecule has 1 atom stereocenters. The molecule has 2 aliphatic heterocycles. The average Bonchev–Trinajstić information content (AvgIpc) is 2.98. The van der Waals surface area contributed by atoms with Gasteiger partial charge in [0.25, 0.3) is 0 Å². The van der Waals surface area contributed by atoms with Gasteiger partial charge < -0.3 is 15.5 Å². The molecule has 0 aromatic heterocycles. The van der Waals surface area contributed by atoms with E-state index in [1.165, 1.54) is 5.56 Å². The van der Waals surface area contributed by atoms with Crippen molar-refractivity contribution in [2.45, 2.75) is 45.4 Å². The van der Waals surface area contributed by atoms with Crippen molar-refractivity contribution in [2.24, 2.45) is 10.4 Å². The average molecular weight is 391 g/mol. The molecule has 27 heavy (non-hydrogen) atoms. The fourth-order valence-electron chi connectivity index (χ4n) is 4.12. The lowest BCUT2D eigenvalue weighted by Crippen LogP contribution is -2.51. The van der Waals surface area contributed by atoms with Crippen LogP contribution in [0, 0.1) is 5.41 Å². The highest BCUT2D eigenvalue weighted by atomic mass is 35.5. The molecule has 2 fully saturated rings. The zero-order chi connectivity index (χ0) is 19.5. The highest BCUT2D eigenvalue weighted by molar-refractivity contribution is 6.30. The van der Waals surface area contributed by atoms with E-state index in [0.29, 0.717) is 13.0 Å². The van der Waals surface area contributed by atoms with Crippen LogP contribution in [-0.2, 0) is 10.2 Å². The number of piperidine rings is 1. The summed E-state index contributed by atoms with van der Waals surface area (Å²) in [6.07, 6.45) is 2.84. The molecule has 1 amide bonds. The number of nitrogens with one attached hydrogen (secondary N) is 2. The Morgan fingerprint density at radius 3 is 2.74 bits per heavy atom. The molecule has 3 rings (SSSR count). The van der Waals surface area contributed by atoms with Gasteiger partial charge in [0.2, 0.25) is 5.91 Å². The summed E-state index contributed by atoms with van der Waals surface area (Å²) >= 11 is 6.03. The minimum atomic E-state index is -0.0797. The Bertz CT molecular complexity index is 701. The van der Waals surface area contributed by atoms with Gasteiger partial charge in [-0.05, 0) is 37.5 Å². The predicted molar refractivity (Wildman–Crippen MR) is 111 cm³/mol. The van der Waals surface area contributed by atoms with Crippen molar-refractivity contribution in [3.63, 3.8) is 0 Å². The molecule has 0 radical (unpaired) electrons. The van der Waals surface area contributed by atoms with Gasteiger partial charge in [-0.3, -0.25) is 9.79 Å². The van der Waals surface area contributed by atoms with E-state index in [1.54, 1.807) is 0 Å². The molecule has 2 N–H and O–H groups in total. The number of nitrogens with zero attached hydrogens (tertiary/aromatic N) is 2. The molecule has 0 saturated carbocycles. The predicted octanol–water partition coefficient (Wildman–Crippen LogP) is 3.19. The van der Waals surface area contributed by atoms with Gasteiger partial charge in [0.15, 0.2) is 5.96 Å². The van der Waals surface area contributed by atoms with Gasteiger partial charge in [0.1, 0.15) is 0 Å². The molecule has 0 bridgehead atoms. The zero-order valence-corrected chi connectivity index (χ0v) is 17.4. The second-order valence-corrected chi connectivity index (χ2v) is 8.98. The Hall–Kier alpha value is -1.75. The molecule has 1 spiro atoms. The first-order valence-corrected chi connectivity index (χ1v) is 10.3. The van der Waals surface area contributed by atoms with Crippen LogP contribution in [0.4, 0.5) is 0 Å². The summed E-state index contributed by atoms with van der Waals surface area (Å²) in [7, 11) is 0. The van der Waals surface area contributed by atoms with Crippen molar-refractivity contribution >= 4 is 23.5 Å². The van der Waals surface area contributed by atoms with E-state index in [1.807, 2.05) is 12.1 Å². The molecule has 0 aliphatic carbocycles. The van der Waals surface area contributed by atoms with Gasteiger partial charge in [-0.1, -0.05) is 37.6 Å². The number of halogens is 1. The van der Waals surface area contributed by atoms with E-state index in [0.717, 1.165) is 50.0 Å². The minimum Gasteiger partial charge on any atom is -0.357 e. The second kappa shape index (κ2) is 8.09. The number of hydrogen-bond acceptors (Lipinski definition) is 2. The van der Waals surface area contributed by atoms with Crippen molar-refractivity contribution in [3.05, 3.63) is 34.9 Å². The van der Waals surface area contributed by atoms with Crippen molar-refractivity contribution in [1.29, 1.82) is 0 Å². The zero-order valence-electron chi connectivity index (χ0n) is 16.6. The number of amides is 1. The number of rotatable bonds is 4. The summed E-state index contributed by atoms with van der Waals surface area (Å²) in [5.74, 6) is 1.14. The summed E-state index contributed by atoms with van der Waals surface area (Å²) in [6.45, 7) is 10.7. The molecule has 1 aromatic carbocycles. The lowest BCUT2D eigenvalue weighted by molar-refractivity contribution is -0.119. The van der Waals surface area contributed by atoms with Crippen LogP contribution < -0.4 is 10.6 Å². The molecule has 2 aliphatic rings. The Labute approximate surface area is 167 Å². The van der Waals surface area contributed by atoms with E-state index in [9.17, 15) is 4.79 Å². The third-order valence-corrected chi connectivity index (χ3v) is 5.99. The lowest BCUT2D eigenvalue weighted by Gasteiger charge is -2.41. The number of carbonyl (C=O) groups is 1. The highest BCUT2D eigenvalue weighted by Crippen LogP contribution is 2.36. The van der Waals surface area contributed by atoms with Gasteiger partial charge in [-0.2, -0.15) is 0 Å². The molecular weight excluding hydrogens is 360 g/mol. The lowest BCUT2D eigenvalue weighted by atomic mass is 9.79. The van der Waals surface area contributed by atoms with Gasteiger partial charge in [-0.15, -0.1) is 0 Å². The highest BCUT2D eigenvalue weighted by Gasteiger charge is 2.42. The van der Waals surface area contributed by atoms with Crippen LogP contribution in [0.15, 0.2) is 29.3 Å². The summed E-state index contributed by atoms with van der Waals surface area (Å²) in [5, 5.41) is 7.22. The molecule has 5 nitrogen and oxygen atoms in total. The standard InChI is InChI=1S/C21H31ClN4O/c1-4-23-19(25-13-20(2,3)16-6-8-17(22)9-7-16)26-11-5-10-21(15-26)12-18(27)24-14-21/h6-9H,4-5,10-15H2,1-3H3,(H,23,25)(H,24,27). The minimum absolute atomic E-state index is 0.0667. The quantitative estimate of drug-likeness (QED) is 0.613. The summed E-state index contributed by atoms with van der Waals surface area (Å²) in [5.41, 5.74) is 1.22. The summed E-state index contributed by atoms with van der Waals surface area (Å²) in [4.78, 5) is 19.1. The maximum absolute atomic E-state index is 11.8. The molecule has 6 heteroatoms. The first-order chi connectivity index (χ1) is 12.8. The van der Waals surface area contributed by atoms with Crippen LogP contribution >= 0.6 is 11.6 Å². The Balaban J connectivity index is 1.74. The van der Waals surface area contributed by atoms with Crippen molar-refractivity contribution in [3.8, 4) is 0 Å². The summed E-state index contributed by atoms with van der Waals surface area (Å²) < 4.78 is 0. The smallest absolute Gasteiger partial charge is 0.220 e. The van der Waals surface area contributed by atoms with Crippen LogP contribution in [0.2, 0.25) is 5.02 Å². The fraction of sp³-hybridized carbons (Fsp3) is 0.619. The van der Waals surface area contributed by atoms with Crippen molar-refractivity contribution < 1.29 is 4.79 Å². The fourth-order valence-corrected chi connectivity index (χ4v) is 4.25. The maximum Gasteiger partial charge on any atom is 0.220 e. The molecule has 2 heterocycles. The van der Waals surface area contributed by atoms with E-state index in [-0.39, 0.29) is 16.7 Å². The van der Waals surface area contributed by atoms with Crippen LogP contribution in [0.3, 0.4) is 0 Å². The number of aliphatic imine (C=N–C) groups is 1. The SMILES string of the molecule is CCNC(=NCC(C)(C)c1ccc(Cl)cc1)N1CCCC2(CNC(=O)C2)C1. The van der Waals surface area contributed by atoms with E-state index in [4.69, 9.17) is 16.6 Å². The molecule has 1 aromatic rings. The van der Waals surface area contributed by atoms with Gasteiger partial charge in [0.05, 0.1) is 6.54 Å². The first kappa shape index (κ1) is 20.0. The number of guanidine groups is 1. The van der Waals surface area contributed by atoms with Gasteiger partial charge in [0, 0.05) is 48.5 Å². The Kier molecular flexibility index (Phi) is 5.99. The number of benzene rings is 1. The third-order valence-electron chi connectivity index (χ3n) is 5.74. The molecular formula is C21H31ClN4O. The number of hydrogen-bond donors (Lipinski definition) is 2. The van der Waals surface area contributed by atoms with Crippen LogP contribution in [0.1, 0.15) is 45.6 Å². The monoisotopic (exact) mass is 390 g/mol. The largest absolute Gasteiger partial charge is 0.357 e. The van der Waals surface area contributed by atoms with Crippen molar-refractivity contribution in [2.75, 3.05) is 32.7 Å². The number of carbonyl (C=O) groups excluding carboxylic acids is 1.